The normalized spacial score (nSPS) is 21.8. The summed E-state index contributed by atoms with van der Waals surface area (Å²) in [5, 5.41) is 12.9. The summed E-state index contributed by atoms with van der Waals surface area (Å²) in [4.78, 5) is 29.9. The van der Waals surface area contributed by atoms with Crippen LogP contribution in [0.3, 0.4) is 0 Å². The average Bonchev–Trinajstić information content (AvgIpc) is 2.96. The van der Waals surface area contributed by atoms with E-state index in [1.165, 1.54) is 31.5 Å². The lowest BCUT2D eigenvalue weighted by molar-refractivity contribution is -0.157. The van der Waals surface area contributed by atoms with Gasteiger partial charge in [0.1, 0.15) is 29.8 Å². The summed E-state index contributed by atoms with van der Waals surface area (Å²) < 4.78 is 36.6. The van der Waals surface area contributed by atoms with E-state index in [1.807, 2.05) is 18.2 Å². The van der Waals surface area contributed by atoms with Crippen LogP contribution in [0, 0.1) is 5.82 Å². The molecule has 1 fully saturated rings. The Balaban J connectivity index is 1.55. The Morgan fingerprint density at radius 2 is 1.89 bits per heavy atom. The van der Waals surface area contributed by atoms with E-state index in [9.17, 15) is 19.1 Å². The van der Waals surface area contributed by atoms with Crippen LogP contribution in [0.5, 0.6) is 17.2 Å². The van der Waals surface area contributed by atoms with Crippen molar-refractivity contribution in [3.63, 3.8) is 0 Å². The Labute approximate surface area is 219 Å². The van der Waals surface area contributed by atoms with E-state index >= 15 is 0 Å². The number of amides is 1. The first-order valence-corrected chi connectivity index (χ1v) is 12.2. The number of aromatic hydroxyl groups is 1. The number of hydrogen-bond donors (Lipinski definition) is 2. The van der Waals surface area contributed by atoms with Crippen LogP contribution in [-0.4, -0.2) is 60.0 Å². The van der Waals surface area contributed by atoms with Crippen LogP contribution in [-0.2, 0) is 20.7 Å². The first kappa shape index (κ1) is 26.9. The Morgan fingerprint density at radius 3 is 2.61 bits per heavy atom. The molecule has 4 rings (SSSR count). The topological polar surface area (TPSA) is 116 Å². The number of nitrogens with one attached hydrogen (secondary N) is 1. The van der Waals surface area contributed by atoms with Crippen LogP contribution < -0.4 is 14.8 Å². The molecule has 200 valence electrons. The molecule has 0 spiro atoms. The fraction of sp³-hybridized carbons (Fsp3) is 0.321. The van der Waals surface area contributed by atoms with Crippen LogP contribution in [0.4, 0.5) is 4.39 Å². The fourth-order valence-corrected chi connectivity index (χ4v) is 4.17. The summed E-state index contributed by atoms with van der Waals surface area (Å²) >= 11 is 0. The van der Waals surface area contributed by atoms with Crippen molar-refractivity contribution in [1.82, 2.24) is 10.3 Å². The van der Waals surface area contributed by atoms with Gasteiger partial charge >= 0.3 is 5.97 Å². The Kier molecular flexibility index (Phi) is 8.75. The smallest absolute Gasteiger partial charge is 0.329 e. The van der Waals surface area contributed by atoms with Crippen molar-refractivity contribution in [2.45, 2.75) is 44.1 Å². The molecule has 3 aromatic rings. The number of pyridine rings is 1. The van der Waals surface area contributed by atoms with Crippen molar-refractivity contribution in [3.05, 3.63) is 83.9 Å². The number of rotatable bonds is 7. The Hall–Kier alpha value is -4.18. The minimum atomic E-state index is -1.07. The van der Waals surface area contributed by atoms with Crippen molar-refractivity contribution < 1.29 is 38.0 Å². The molecule has 1 saturated heterocycles. The molecule has 10 heteroatoms. The SMILES string of the molecule is COc1ccnc(C(=O)N[C@H]2CCO[C@H](Cc3ccc(F)cc3)[C@@H](Oc3ccccc3)[C@H](C)OC2=O)c1O. The van der Waals surface area contributed by atoms with Gasteiger partial charge in [0.2, 0.25) is 0 Å². The number of aromatic nitrogens is 1. The summed E-state index contributed by atoms with van der Waals surface area (Å²) in [6, 6.07) is 15.5. The third kappa shape index (κ3) is 6.57. The molecule has 2 aromatic carbocycles. The number of carbonyl (C=O) groups excluding carboxylic acids is 2. The highest BCUT2D eigenvalue weighted by molar-refractivity contribution is 5.97. The summed E-state index contributed by atoms with van der Waals surface area (Å²) in [6.07, 6.45) is -0.245. The minimum Gasteiger partial charge on any atom is -0.503 e. The van der Waals surface area contributed by atoms with Crippen LogP contribution in [0.25, 0.3) is 0 Å². The molecule has 4 atom stereocenters. The highest BCUT2D eigenvalue weighted by atomic mass is 19.1. The molecular weight excluding hydrogens is 495 g/mol. The monoisotopic (exact) mass is 524 g/mol. The van der Waals surface area contributed by atoms with Gasteiger partial charge in [-0.25, -0.2) is 14.2 Å². The Morgan fingerprint density at radius 1 is 1.16 bits per heavy atom. The number of cyclic esters (lactones) is 1. The molecule has 9 nitrogen and oxygen atoms in total. The second kappa shape index (κ2) is 12.4. The van der Waals surface area contributed by atoms with E-state index in [2.05, 4.69) is 10.3 Å². The van der Waals surface area contributed by atoms with E-state index in [1.54, 1.807) is 31.2 Å². The largest absolute Gasteiger partial charge is 0.503 e. The van der Waals surface area contributed by atoms with Gasteiger partial charge in [0.25, 0.3) is 5.91 Å². The Bertz CT molecular complexity index is 1240. The molecule has 1 aromatic heterocycles. The molecule has 2 N–H and O–H groups in total. The van der Waals surface area contributed by atoms with Crippen LogP contribution >= 0.6 is 0 Å². The second-order valence-electron chi connectivity index (χ2n) is 8.80. The molecular formula is C28H29FN2O7. The molecule has 0 unspecified atom stereocenters. The number of ether oxygens (including phenoxy) is 4. The van der Waals surface area contributed by atoms with Crippen molar-refractivity contribution in [2.24, 2.45) is 0 Å². The molecule has 0 saturated carbocycles. The maximum absolute atomic E-state index is 13.5. The van der Waals surface area contributed by atoms with E-state index in [0.29, 0.717) is 12.2 Å². The zero-order valence-corrected chi connectivity index (χ0v) is 21.0. The zero-order chi connectivity index (χ0) is 27.1. The molecule has 0 radical (unpaired) electrons. The van der Waals surface area contributed by atoms with E-state index in [-0.39, 0.29) is 30.3 Å². The predicted molar refractivity (Wildman–Crippen MR) is 135 cm³/mol. The lowest BCUT2D eigenvalue weighted by Crippen LogP contribution is -2.47. The number of esters is 1. The van der Waals surface area contributed by atoms with Crippen molar-refractivity contribution in [3.8, 4) is 17.2 Å². The molecule has 38 heavy (non-hydrogen) atoms. The molecule has 2 heterocycles. The van der Waals surface area contributed by atoms with Crippen LogP contribution in [0.2, 0.25) is 0 Å². The third-order valence-electron chi connectivity index (χ3n) is 6.15. The summed E-state index contributed by atoms with van der Waals surface area (Å²) in [5.41, 5.74) is 0.533. The summed E-state index contributed by atoms with van der Waals surface area (Å²) in [6.45, 7) is 1.77. The van der Waals surface area contributed by atoms with Gasteiger partial charge in [0.15, 0.2) is 23.3 Å². The number of halogens is 1. The van der Waals surface area contributed by atoms with Crippen LogP contribution in [0.1, 0.15) is 29.4 Å². The van der Waals surface area contributed by atoms with Gasteiger partial charge in [0.05, 0.1) is 7.11 Å². The minimum absolute atomic E-state index is 0.0729. The predicted octanol–water partition coefficient (Wildman–Crippen LogP) is 3.44. The van der Waals surface area contributed by atoms with Gasteiger partial charge in [-0.15, -0.1) is 0 Å². The van der Waals surface area contributed by atoms with Gasteiger partial charge in [-0.1, -0.05) is 30.3 Å². The fourth-order valence-electron chi connectivity index (χ4n) is 4.17. The molecule has 1 aliphatic rings. The van der Waals surface area contributed by atoms with Crippen molar-refractivity contribution >= 4 is 11.9 Å². The quantitative estimate of drug-likeness (QED) is 0.452. The third-order valence-corrected chi connectivity index (χ3v) is 6.15. The second-order valence-corrected chi connectivity index (χ2v) is 8.80. The first-order chi connectivity index (χ1) is 18.4. The first-order valence-electron chi connectivity index (χ1n) is 12.2. The van der Waals surface area contributed by atoms with Crippen molar-refractivity contribution in [2.75, 3.05) is 13.7 Å². The van der Waals surface area contributed by atoms with Gasteiger partial charge in [0, 0.05) is 31.7 Å². The lowest BCUT2D eigenvalue weighted by Gasteiger charge is -2.31. The molecule has 1 amide bonds. The summed E-state index contributed by atoms with van der Waals surface area (Å²) in [7, 11) is 1.35. The average molecular weight is 525 g/mol. The van der Waals surface area contributed by atoms with Gasteiger partial charge in [-0.3, -0.25) is 4.79 Å². The standard InChI is InChI=1S/C28H29FN2O7/c1-17-26(38-20-6-4-3-5-7-20)23(16-18-8-10-19(29)11-9-18)36-15-13-21(28(34)37-17)31-27(33)24-25(32)22(35-2)12-14-30-24/h3-12,14,17,21,23,26,32H,13,15-16H2,1-2H3,(H,31,33)/t17-,21-,23+,26-/m0/s1. The van der Waals surface area contributed by atoms with Gasteiger partial charge in [-0.2, -0.15) is 0 Å². The van der Waals surface area contributed by atoms with E-state index in [4.69, 9.17) is 18.9 Å². The van der Waals surface area contributed by atoms with Gasteiger partial charge in [-0.05, 0) is 36.8 Å². The zero-order valence-electron chi connectivity index (χ0n) is 21.0. The molecule has 0 aliphatic carbocycles. The number of hydrogen-bond acceptors (Lipinski definition) is 8. The number of methoxy groups -OCH3 is 1. The number of benzene rings is 2. The van der Waals surface area contributed by atoms with Gasteiger partial charge < -0.3 is 29.4 Å². The number of carbonyl (C=O) groups is 2. The van der Waals surface area contributed by atoms with Crippen molar-refractivity contribution in [1.29, 1.82) is 0 Å². The highest BCUT2D eigenvalue weighted by Gasteiger charge is 2.37. The summed E-state index contributed by atoms with van der Waals surface area (Å²) in [5.74, 6) is -1.60. The molecule has 0 bridgehead atoms. The number of para-hydroxylation sites is 1. The van der Waals surface area contributed by atoms with E-state index < -0.39 is 42.0 Å². The molecule has 1 aliphatic heterocycles. The maximum atomic E-state index is 13.5. The van der Waals surface area contributed by atoms with E-state index in [0.717, 1.165) is 5.56 Å². The van der Waals surface area contributed by atoms with Crippen LogP contribution in [0.15, 0.2) is 66.9 Å². The highest BCUT2D eigenvalue weighted by Crippen LogP contribution is 2.28. The lowest BCUT2D eigenvalue weighted by atomic mass is 10.00. The maximum Gasteiger partial charge on any atom is 0.329 e. The number of nitrogens with zero attached hydrogens (tertiary/aromatic N) is 1.